The second kappa shape index (κ2) is 6.44. The molecule has 0 bridgehead atoms. The molecule has 2 aromatic rings. The van der Waals surface area contributed by atoms with Gasteiger partial charge in [-0.15, -0.1) is 0 Å². The van der Waals surface area contributed by atoms with Gasteiger partial charge in [-0.1, -0.05) is 31.2 Å². The highest BCUT2D eigenvalue weighted by Gasteiger charge is 2.05. The minimum absolute atomic E-state index is 0.213. The van der Waals surface area contributed by atoms with Crippen LogP contribution in [0.4, 0.5) is 0 Å². The number of rotatable bonds is 4. The molecule has 1 heterocycles. The van der Waals surface area contributed by atoms with Gasteiger partial charge < -0.3 is 0 Å². The first kappa shape index (κ1) is 13.0. The van der Waals surface area contributed by atoms with E-state index in [1.54, 1.807) is 24.5 Å². The third-order valence-electron chi connectivity index (χ3n) is 2.66. The number of nitrogens with zero attached hydrogens (tertiary/aromatic N) is 2. The highest BCUT2D eigenvalue weighted by molar-refractivity contribution is 6.01. The molecule has 1 aromatic heterocycles. The smallest absolute Gasteiger partial charge is 0.267 e. The Morgan fingerprint density at radius 3 is 2.53 bits per heavy atom. The molecule has 0 unspecified atom stereocenters. The Kier molecular flexibility index (Phi) is 4.39. The van der Waals surface area contributed by atoms with Gasteiger partial charge in [0, 0.05) is 23.5 Å². The number of aromatic nitrogens is 1. The van der Waals surface area contributed by atoms with Crippen molar-refractivity contribution in [3.8, 4) is 0 Å². The number of hydrogen-bond donors (Lipinski definition) is 1. The zero-order chi connectivity index (χ0) is 13.5. The summed E-state index contributed by atoms with van der Waals surface area (Å²) in [7, 11) is 0. The molecule has 19 heavy (non-hydrogen) atoms. The van der Waals surface area contributed by atoms with E-state index in [0.717, 1.165) is 17.7 Å². The van der Waals surface area contributed by atoms with E-state index in [1.807, 2.05) is 37.3 Å². The molecule has 0 atom stereocenters. The van der Waals surface area contributed by atoms with Crippen LogP contribution in [0.3, 0.4) is 0 Å². The molecular formula is C15H15N3O. The number of nitrogens with one attached hydrogen (secondary N) is 1. The van der Waals surface area contributed by atoms with Crippen LogP contribution in [0.25, 0.3) is 0 Å². The lowest BCUT2D eigenvalue weighted by atomic mass is 10.1. The lowest BCUT2D eigenvalue weighted by Gasteiger charge is -2.04. The topological polar surface area (TPSA) is 54.4 Å². The van der Waals surface area contributed by atoms with Gasteiger partial charge in [0.1, 0.15) is 0 Å². The zero-order valence-electron chi connectivity index (χ0n) is 10.7. The third-order valence-corrected chi connectivity index (χ3v) is 2.66. The first-order valence-corrected chi connectivity index (χ1v) is 6.13. The normalized spacial score (nSPS) is 11.1. The van der Waals surface area contributed by atoms with Gasteiger partial charge in [0.25, 0.3) is 5.91 Å². The highest BCUT2D eigenvalue weighted by Crippen LogP contribution is 2.03. The predicted molar refractivity (Wildman–Crippen MR) is 75.0 cm³/mol. The zero-order valence-corrected chi connectivity index (χ0v) is 10.7. The largest absolute Gasteiger partial charge is 0.271 e. The van der Waals surface area contributed by atoms with Gasteiger partial charge in [-0.05, 0) is 24.6 Å². The Labute approximate surface area is 112 Å². The minimum atomic E-state index is -0.213. The van der Waals surface area contributed by atoms with E-state index < -0.39 is 0 Å². The molecule has 1 aromatic carbocycles. The highest BCUT2D eigenvalue weighted by atomic mass is 16.2. The summed E-state index contributed by atoms with van der Waals surface area (Å²) in [5.74, 6) is -0.213. The maximum Gasteiger partial charge on any atom is 0.271 e. The predicted octanol–water partition coefficient (Wildman–Crippen LogP) is 2.63. The van der Waals surface area contributed by atoms with Crippen molar-refractivity contribution in [1.82, 2.24) is 10.4 Å². The summed E-state index contributed by atoms with van der Waals surface area (Å²) in [4.78, 5) is 15.9. The molecule has 0 aliphatic rings. The molecule has 0 saturated carbocycles. The summed E-state index contributed by atoms with van der Waals surface area (Å²) in [5, 5.41) is 4.17. The molecule has 0 aliphatic heterocycles. The van der Waals surface area contributed by atoms with E-state index in [0.29, 0.717) is 5.56 Å². The molecule has 96 valence electrons. The van der Waals surface area contributed by atoms with Crippen LogP contribution in [-0.2, 0) is 0 Å². The van der Waals surface area contributed by atoms with Crippen LogP contribution in [-0.4, -0.2) is 16.6 Å². The van der Waals surface area contributed by atoms with Gasteiger partial charge in [-0.2, -0.15) is 5.10 Å². The molecule has 0 spiro atoms. The van der Waals surface area contributed by atoms with E-state index in [2.05, 4.69) is 15.5 Å². The first-order valence-electron chi connectivity index (χ1n) is 6.13. The number of hydrazone groups is 1. The molecule has 0 fully saturated rings. The lowest BCUT2D eigenvalue weighted by Crippen LogP contribution is -2.19. The second-order valence-electron chi connectivity index (χ2n) is 3.96. The molecular weight excluding hydrogens is 238 g/mol. The van der Waals surface area contributed by atoms with Crippen molar-refractivity contribution >= 4 is 11.6 Å². The summed E-state index contributed by atoms with van der Waals surface area (Å²) < 4.78 is 0. The van der Waals surface area contributed by atoms with Gasteiger partial charge in [0.05, 0.1) is 5.71 Å². The standard InChI is InChI=1S/C15H15N3O/c1-2-14(13-9-6-10-16-11-13)17-18-15(19)12-7-4-3-5-8-12/h3-11H,2H2,1H3,(H,18,19). The first-order chi connectivity index (χ1) is 9.31. The minimum Gasteiger partial charge on any atom is -0.267 e. The van der Waals surface area contributed by atoms with E-state index in [4.69, 9.17) is 0 Å². The number of carbonyl (C=O) groups excluding carboxylic acids is 1. The number of hydrogen-bond acceptors (Lipinski definition) is 3. The number of carbonyl (C=O) groups is 1. The van der Waals surface area contributed by atoms with Crippen molar-refractivity contribution < 1.29 is 4.79 Å². The summed E-state index contributed by atoms with van der Waals surface area (Å²) in [5.41, 5.74) is 4.88. The van der Waals surface area contributed by atoms with Gasteiger partial charge in [-0.3, -0.25) is 9.78 Å². The van der Waals surface area contributed by atoms with Crippen molar-refractivity contribution in [2.75, 3.05) is 0 Å². The molecule has 0 radical (unpaired) electrons. The van der Waals surface area contributed by atoms with Crippen LogP contribution in [0.2, 0.25) is 0 Å². The van der Waals surface area contributed by atoms with Crippen LogP contribution in [0.15, 0.2) is 60.0 Å². The van der Waals surface area contributed by atoms with E-state index in [9.17, 15) is 4.79 Å². The Balaban J connectivity index is 2.11. The lowest BCUT2D eigenvalue weighted by molar-refractivity contribution is 0.0955. The fraction of sp³-hybridized carbons (Fsp3) is 0.133. The average Bonchev–Trinajstić information content (AvgIpc) is 2.49. The molecule has 1 N–H and O–H groups in total. The van der Waals surface area contributed by atoms with Gasteiger partial charge in [0.15, 0.2) is 0 Å². The summed E-state index contributed by atoms with van der Waals surface area (Å²) in [6.07, 6.45) is 4.16. The maximum atomic E-state index is 11.9. The maximum absolute atomic E-state index is 11.9. The van der Waals surface area contributed by atoms with Crippen LogP contribution in [0, 0.1) is 0 Å². The van der Waals surface area contributed by atoms with Crippen molar-refractivity contribution in [3.63, 3.8) is 0 Å². The number of pyridine rings is 1. The monoisotopic (exact) mass is 253 g/mol. The molecule has 4 nitrogen and oxygen atoms in total. The van der Waals surface area contributed by atoms with Crippen LogP contribution in [0.1, 0.15) is 29.3 Å². The Hall–Kier alpha value is -2.49. The van der Waals surface area contributed by atoms with Crippen molar-refractivity contribution in [2.24, 2.45) is 5.10 Å². The summed E-state index contributed by atoms with van der Waals surface area (Å²) >= 11 is 0. The van der Waals surface area contributed by atoms with Crippen molar-refractivity contribution in [2.45, 2.75) is 13.3 Å². The van der Waals surface area contributed by atoms with Crippen LogP contribution in [0.5, 0.6) is 0 Å². The Morgan fingerprint density at radius 1 is 1.16 bits per heavy atom. The fourth-order valence-electron chi connectivity index (χ4n) is 1.65. The van der Waals surface area contributed by atoms with Crippen molar-refractivity contribution in [3.05, 3.63) is 66.0 Å². The quantitative estimate of drug-likeness (QED) is 0.672. The van der Waals surface area contributed by atoms with E-state index >= 15 is 0 Å². The molecule has 1 amide bonds. The molecule has 0 aliphatic carbocycles. The van der Waals surface area contributed by atoms with Gasteiger partial charge in [-0.25, -0.2) is 5.43 Å². The van der Waals surface area contributed by atoms with E-state index in [1.165, 1.54) is 0 Å². The Bertz CT molecular complexity index is 564. The second-order valence-corrected chi connectivity index (χ2v) is 3.96. The SMILES string of the molecule is CCC(=NNC(=O)c1ccccc1)c1cccnc1. The number of amides is 1. The average molecular weight is 253 g/mol. The summed E-state index contributed by atoms with van der Waals surface area (Å²) in [6.45, 7) is 1.99. The van der Waals surface area contributed by atoms with Gasteiger partial charge >= 0.3 is 0 Å². The van der Waals surface area contributed by atoms with E-state index in [-0.39, 0.29) is 5.91 Å². The van der Waals surface area contributed by atoms with Crippen LogP contribution >= 0.6 is 0 Å². The summed E-state index contributed by atoms with van der Waals surface area (Å²) in [6, 6.07) is 12.8. The molecule has 0 saturated heterocycles. The number of benzene rings is 1. The van der Waals surface area contributed by atoms with Crippen LogP contribution < -0.4 is 5.43 Å². The fourth-order valence-corrected chi connectivity index (χ4v) is 1.65. The molecule has 2 rings (SSSR count). The van der Waals surface area contributed by atoms with Gasteiger partial charge in [0.2, 0.25) is 0 Å². The molecule has 4 heteroatoms. The Morgan fingerprint density at radius 2 is 1.89 bits per heavy atom. The third kappa shape index (κ3) is 3.48. The van der Waals surface area contributed by atoms with Crippen molar-refractivity contribution in [1.29, 1.82) is 0 Å².